The van der Waals surface area contributed by atoms with Crippen LogP contribution in [-0.2, 0) is 12.8 Å². The van der Waals surface area contributed by atoms with E-state index in [0.717, 1.165) is 59.6 Å². The highest BCUT2D eigenvalue weighted by molar-refractivity contribution is 7.30. The lowest BCUT2D eigenvalue weighted by atomic mass is 9.93. The molecule has 3 nitrogen and oxygen atoms in total. The van der Waals surface area contributed by atoms with Crippen molar-refractivity contribution < 1.29 is 9.59 Å². The molecule has 1 aliphatic heterocycles. The fraction of sp³-hybridized carbons (Fsp3) is 0.423. The molecule has 1 aliphatic rings. The molecule has 0 bridgehead atoms. The van der Waals surface area contributed by atoms with E-state index in [4.69, 9.17) is 0 Å². The van der Waals surface area contributed by atoms with E-state index in [2.05, 4.69) is 83.1 Å². The highest BCUT2D eigenvalue weighted by Crippen LogP contribution is 2.56. The molecule has 312 valence electrons. The van der Waals surface area contributed by atoms with E-state index in [1.54, 1.807) is 16.2 Å². The highest BCUT2D eigenvalue weighted by atomic mass is 32.1. The van der Waals surface area contributed by atoms with Crippen molar-refractivity contribution in [3.8, 4) is 29.3 Å². The molecule has 1 atom stereocenters. The zero-order valence-electron chi connectivity index (χ0n) is 36.1. The van der Waals surface area contributed by atoms with Crippen molar-refractivity contribution in [1.29, 1.82) is 0 Å². The molecule has 0 saturated heterocycles. The number of thiophene rings is 5. The first-order chi connectivity index (χ1) is 29.3. The molecule has 8 aromatic rings. The minimum atomic E-state index is -0.0946. The monoisotopic (exact) mass is 887 g/mol. The maximum atomic E-state index is 14.4. The van der Waals surface area contributed by atoms with Gasteiger partial charge in [0.05, 0.1) is 25.8 Å². The summed E-state index contributed by atoms with van der Waals surface area (Å²) < 4.78 is 2.70. The van der Waals surface area contributed by atoms with Gasteiger partial charge in [0.1, 0.15) is 0 Å². The summed E-state index contributed by atoms with van der Waals surface area (Å²) in [6.07, 6.45) is 16.3. The number of aryl methyl sites for hydroxylation is 4. The SMILES string of the molecule is CCCCCCc1cc(C)sc1-c1sc2cccc3c4c(-c5sc(-c6sc(C)c7c6C(=O)N(CC(CC)CCCC)C7=O)cc5CCCCCC)sc5cccc(c1c23)c54. The fourth-order valence-corrected chi connectivity index (χ4v) is 16.1. The molecular formula is C52H57NO2S5. The third kappa shape index (κ3) is 7.30. The zero-order chi connectivity index (χ0) is 41.7. The molecule has 1 unspecified atom stereocenters. The van der Waals surface area contributed by atoms with Crippen molar-refractivity contribution in [2.24, 2.45) is 5.92 Å². The van der Waals surface area contributed by atoms with Gasteiger partial charge in [0.25, 0.3) is 11.8 Å². The topological polar surface area (TPSA) is 37.4 Å². The molecule has 0 radical (unpaired) electrons. The van der Waals surface area contributed by atoms with Gasteiger partial charge >= 0.3 is 0 Å². The minimum Gasteiger partial charge on any atom is -0.274 e. The van der Waals surface area contributed by atoms with Crippen LogP contribution in [0.3, 0.4) is 0 Å². The Hall–Kier alpha value is -3.40. The number of hydrogen-bond donors (Lipinski definition) is 0. The van der Waals surface area contributed by atoms with Crippen LogP contribution in [0.1, 0.15) is 146 Å². The first-order valence-corrected chi connectivity index (χ1v) is 26.7. The fourth-order valence-electron chi connectivity index (χ4n) is 9.78. The van der Waals surface area contributed by atoms with E-state index in [1.165, 1.54) is 122 Å². The Morgan fingerprint density at radius 1 is 0.550 bits per heavy atom. The number of unbranched alkanes of at least 4 members (excludes halogenated alkanes) is 7. The largest absolute Gasteiger partial charge is 0.274 e. The van der Waals surface area contributed by atoms with Gasteiger partial charge in [-0.05, 0) is 98.0 Å². The summed E-state index contributed by atoms with van der Waals surface area (Å²) in [5, 5.41) is 8.32. The van der Waals surface area contributed by atoms with Crippen LogP contribution in [0.25, 0.3) is 71.0 Å². The van der Waals surface area contributed by atoms with Crippen LogP contribution in [0.2, 0.25) is 0 Å². The molecule has 0 fully saturated rings. The molecule has 2 amide bonds. The summed E-state index contributed by atoms with van der Waals surface area (Å²) >= 11 is 9.39. The summed E-state index contributed by atoms with van der Waals surface area (Å²) in [6, 6.07) is 18.8. The van der Waals surface area contributed by atoms with Crippen molar-refractivity contribution in [3.63, 3.8) is 0 Å². The van der Waals surface area contributed by atoms with Gasteiger partial charge in [-0.25, -0.2) is 0 Å². The normalized spacial score (nSPS) is 13.8. The molecule has 0 aliphatic carbocycles. The lowest BCUT2D eigenvalue weighted by Gasteiger charge is -2.21. The van der Waals surface area contributed by atoms with Crippen LogP contribution in [0, 0.1) is 19.8 Å². The lowest BCUT2D eigenvalue weighted by molar-refractivity contribution is 0.0624. The van der Waals surface area contributed by atoms with Crippen molar-refractivity contribution in [1.82, 2.24) is 4.90 Å². The second-order valence-corrected chi connectivity index (χ2v) is 22.8. The molecule has 0 spiro atoms. The Kier molecular flexibility index (Phi) is 12.4. The smallest absolute Gasteiger partial charge is 0.263 e. The van der Waals surface area contributed by atoms with Gasteiger partial charge in [-0.3, -0.25) is 14.5 Å². The van der Waals surface area contributed by atoms with Gasteiger partial charge in [-0.15, -0.1) is 56.7 Å². The Bertz CT molecular complexity index is 2840. The number of carbonyl (C=O) groups excluding carboxylic acids is 2. The number of hydrogen-bond acceptors (Lipinski definition) is 7. The Morgan fingerprint density at radius 2 is 1.12 bits per heavy atom. The Labute approximate surface area is 375 Å². The Morgan fingerprint density at radius 3 is 1.70 bits per heavy atom. The maximum absolute atomic E-state index is 14.4. The second-order valence-electron chi connectivity index (χ2n) is 17.1. The number of carbonyl (C=O) groups is 2. The number of amides is 2. The van der Waals surface area contributed by atoms with Crippen molar-refractivity contribution in [2.45, 2.75) is 131 Å². The van der Waals surface area contributed by atoms with Gasteiger partial charge in [0.15, 0.2) is 0 Å². The van der Waals surface area contributed by atoms with Gasteiger partial charge in [-0.2, -0.15) is 0 Å². The van der Waals surface area contributed by atoms with Crippen molar-refractivity contribution in [2.75, 3.05) is 6.54 Å². The first kappa shape index (κ1) is 41.9. The highest BCUT2D eigenvalue weighted by Gasteiger charge is 2.42. The third-order valence-corrected chi connectivity index (χ3v) is 19.1. The van der Waals surface area contributed by atoms with Crippen LogP contribution >= 0.6 is 56.7 Å². The van der Waals surface area contributed by atoms with E-state index in [0.29, 0.717) is 23.6 Å². The number of fused-ring (bicyclic) bond motifs is 3. The summed E-state index contributed by atoms with van der Waals surface area (Å²) in [5.74, 6) is 0.148. The minimum absolute atomic E-state index is 0.0941. The summed E-state index contributed by atoms with van der Waals surface area (Å²) in [4.78, 5) is 40.0. The predicted molar refractivity (Wildman–Crippen MR) is 267 cm³/mol. The molecule has 0 saturated carbocycles. The summed E-state index contributed by atoms with van der Waals surface area (Å²) in [5.41, 5.74) is 4.18. The lowest BCUT2D eigenvalue weighted by Crippen LogP contribution is -2.34. The van der Waals surface area contributed by atoms with Crippen LogP contribution in [0.15, 0.2) is 48.5 Å². The standard InChI is InChI=1S/C52H57NO2S5/c1-7-11-14-16-21-33-27-30(5)56-46(33)49-43-35-23-18-26-38-42(35)44(36-24-19-25-37(58-49)41(36)43)50(59-38)47-34(22-17-15-12-8-2)28-39(60-47)48-45-40(31(6)57-48)51(54)53(52(45)55)29-32(10-4)20-13-9-3/h18-19,23-28,32H,7-17,20-22,29H2,1-6H3. The molecule has 60 heavy (non-hydrogen) atoms. The quantitative estimate of drug-likeness (QED) is 0.0461. The number of nitrogens with zero attached hydrogens (tertiary/aromatic N) is 1. The van der Waals surface area contributed by atoms with E-state index in [1.807, 2.05) is 52.3 Å². The molecule has 9 rings (SSSR count). The van der Waals surface area contributed by atoms with E-state index in [9.17, 15) is 9.59 Å². The van der Waals surface area contributed by atoms with Crippen LogP contribution in [-0.4, -0.2) is 23.3 Å². The van der Waals surface area contributed by atoms with Gasteiger partial charge in [0.2, 0.25) is 0 Å². The van der Waals surface area contributed by atoms with Gasteiger partial charge in [-0.1, -0.05) is 110 Å². The maximum Gasteiger partial charge on any atom is 0.263 e. The molecule has 0 N–H and O–H groups in total. The molecule has 6 heterocycles. The molecule has 8 heteroatoms. The third-order valence-electron chi connectivity index (χ3n) is 12.9. The molecular weight excluding hydrogens is 831 g/mol. The zero-order valence-corrected chi connectivity index (χ0v) is 40.2. The van der Waals surface area contributed by atoms with Crippen LogP contribution in [0.5, 0.6) is 0 Å². The van der Waals surface area contributed by atoms with Crippen molar-refractivity contribution in [3.05, 3.63) is 80.5 Å². The average Bonchev–Trinajstić information content (AvgIpc) is 4.10. The molecule has 3 aromatic carbocycles. The van der Waals surface area contributed by atoms with Crippen LogP contribution in [0.4, 0.5) is 0 Å². The van der Waals surface area contributed by atoms with E-state index < -0.39 is 0 Å². The average molecular weight is 888 g/mol. The summed E-state index contributed by atoms with van der Waals surface area (Å²) in [6.45, 7) is 13.8. The number of imide groups is 1. The van der Waals surface area contributed by atoms with E-state index in [-0.39, 0.29) is 11.8 Å². The van der Waals surface area contributed by atoms with Gasteiger partial charge < -0.3 is 0 Å². The van der Waals surface area contributed by atoms with Crippen molar-refractivity contribution >= 4 is 110 Å². The van der Waals surface area contributed by atoms with Crippen LogP contribution < -0.4 is 0 Å². The number of benzene rings is 3. The van der Waals surface area contributed by atoms with E-state index >= 15 is 0 Å². The Balaban J connectivity index is 1.20. The molecule has 5 aromatic heterocycles. The van der Waals surface area contributed by atoms with Gasteiger partial charge in [0, 0.05) is 61.9 Å². The summed E-state index contributed by atoms with van der Waals surface area (Å²) in [7, 11) is 0. The number of rotatable bonds is 19. The predicted octanol–water partition coefficient (Wildman–Crippen LogP) is 17.7. The first-order valence-electron chi connectivity index (χ1n) is 22.6. The second kappa shape index (κ2) is 17.8.